The number of nitrogens with one attached hydrogen (secondary N) is 2. The second-order valence-corrected chi connectivity index (χ2v) is 4.72. The fraction of sp³-hybridized carbons (Fsp3) is 0.545. The van der Waals surface area contributed by atoms with Crippen LogP contribution in [0.2, 0.25) is 5.28 Å². The van der Waals surface area contributed by atoms with E-state index in [4.69, 9.17) is 11.6 Å². The zero-order chi connectivity index (χ0) is 13.0. The van der Waals surface area contributed by atoms with E-state index in [-0.39, 0.29) is 5.28 Å². The summed E-state index contributed by atoms with van der Waals surface area (Å²) in [6.45, 7) is 1.95. The van der Waals surface area contributed by atoms with Gasteiger partial charge in [0, 0.05) is 6.54 Å². The van der Waals surface area contributed by atoms with Gasteiger partial charge in [0.15, 0.2) is 11.5 Å². The first-order valence-electron chi connectivity index (χ1n) is 5.92. The number of H-pyrrole nitrogens is 1. The van der Waals surface area contributed by atoms with Crippen molar-refractivity contribution in [2.24, 2.45) is 0 Å². The van der Waals surface area contributed by atoms with Crippen LogP contribution in [0.5, 0.6) is 0 Å². The zero-order valence-corrected chi connectivity index (χ0v) is 11.3. The highest BCUT2D eigenvalue weighted by molar-refractivity contribution is 6.28. The minimum absolute atomic E-state index is 0.213. The number of hydrogen-bond donors (Lipinski definition) is 2. The third-order valence-corrected chi connectivity index (χ3v) is 2.75. The van der Waals surface area contributed by atoms with Crippen molar-refractivity contribution in [2.75, 3.05) is 32.5 Å². The van der Waals surface area contributed by atoms with Crippen LogP contribution in [0.4, 0.5) is 5.82 Å². The van der Waals surface area contributed by atoms with Crippen LogP contribution in [0, 0.1) is 0 Å². The lowest BCUT2D eigenvalue weighted by Crippen LogP contribution is -2.14. The monoisotopic (exact) mass is 268 g/mol. The summed E-state index contributed by atoms with van der Waals surface area (Å²) in [5.41, 5.74) is 1.39. The average molecular weight is 269 g/mol. The summed E-state index contributed by atoms with van der Waals surface area (Å²) in [4.78, 5) is 17.5. The molecule has 0 aliphatic rings. The largest absolute Gasteiger partial charge is 0.368 e. The molecule has 2 aromatic rings. The Bertz CT molecular complexity index is 509. The van der Waals surface area contributed by atoms with Crippen molar-refractivity contribution in [3.05, 3.63) is 11.6 Å². The first-order chi connectivity index (χ1) is 8.66. The first kappa shape index (κ1) is 13.0. The van der Waals surface area contributed by atoms with Gasteiger partial charge in [-0.25, -0.2) is 4.98 Å². The van der Waals surface area contributed by atoms with Gasteiger partial charge in [-0.1, -0.05) is 0 Å². The van der Waals surface area contributed by atoms with Crippen molar-refractivity contribution in [3.8, 4) is 0 Å². The van der Waals surface area contributed by atoms with E-state index in [0.29, 0.717) is 11.5 Å². The predicted molar refractivity (Wildman–Crippen MR) is 73.0 cm³/mol. The molecular weight excluding hydrogens is 252 g/mol. The third-order valence-electron chi connectivity index (χ3n) is 2.58. The highest BCUT2D eigenvalue weighted by Crippen LogP contribution is 2.18. The Balaban J connectivity index is 1.93. The van der Waals surface area contributed by atoms with Gasteiger partial charge < -0.3 is 15.2 Å². The van der Waals surface area contributed by atoms with Crippen LogP contribution in [0.15, 0.2) is 6.33 Å². The Morgan fingerprint density at radius 1 is 1.33 bits per heavy atom. The highest BCUT2D eigenvalue weighted by Gasteiger charge is 2.07. The highest BCUT2D eigenvalue weighted by atomic mass is 35.5. The molecule has 2 rings (SSSR count). The van der Waals surface area contributed by atoms with Crippen molar-refractivity contribution in [3.63, 3.8) is 0 Å². The maximum absolute atomic E-state index is 5.84. The van der Waals surface area contributed by atoms with Gasteiger partial charge >= 0.3 is 0 Å². The molecule has 7 heteroatoms. The molecule has 0 saturated carbocycles. The molecule has 0 aliphatic heterocycles. The van der Waals surface area contributed by atoms with Gasteiger partial charge in [-0.15, -0.1) is 0 Å². The lowest BCUT2D eigenvalue weighted by Gasteiger charge is -2.10. The molecule has 0 amide bonds. The fourth-order valence-electron chi connectivity index (χ4n) is 1.69. The normalized spacial score (nSPS) is 11.3. The molecule has 0 fully saturated rings. The Hall–Kier alpha value is -1.40. The van der Waals surface area contributed by atoms with Crippen molar-refractivity contribution < 1.29 is 0 Å². The fourth-order valence-corrected chi connectivity index (χ4v) is 1.86. The molecule has 0 bridgehead atoms. The topological polar surface area (TPSA) is 69.7 Å². The Kier molecular flexibility index (Phi) is 4.33. The standard InChI is InChI=1S/C11H17ClN6/c1-18(2)6-4-3-5-13-9-8-10(15-7-14-8)17-11(12)16-9/h7H,3-6H2,1-2H3,(H2,13,14,15,16,17). The van der Waals surface area contributed by atoms with E-state index in [1.54, 1.807) is 6.33 Å². The second-order valence-electron chi connectivity index (χ2n) is 4.38. The molecule has 0 radical (unpaired) electrons. The van der Waals surface area contributed by atoms with Gasteiger partial charge in [0.2, 0.25) is 5.28 Å². The van der Waals surface area contributed by atoms with Crippen molar-refractivity contribution in [1.29, 1.82) is 0 Å². The molecule has 2 heterocycles. The quantitative estimate of drug-likeness (QED) is 0.617. The van der Waals surface area contributed by atoms with Crippen LogP contribution in [-0.2, 0) is 0 Å². The smallest absolute Gasteiger partial charge is 0.226 e. The van der Waals surface area contributed by atoms with E-state index in [1.165, 1.54) is 0 Å². The minimum atomic E-state index is 0.213. The number of unbranched alkanes of at least 4 members (excludes halogenated alkanes) is 1. The van der Waals surface area contributed by atoms with Crippen molar-refractivity contribution >= 4 is 28.6 Å². The molecular formula is C11H17ClN6. The first-order valence-corrected chi connectivity index (χ1v) is 6.30. The number of aromatic amines is 1. The van der Waals surface area contributed by atoms with Crippen LogP contribution in [-0.4, -0.2) is 52.0 Å². The summed E-state index contributed by atoms with van der Waals surface area (Å²) < 4.78 is 0. The van der Waals surface area contributed by atoms with Crippen LogP contribution in [0.3, 0.4) is 0 Å². The van der Waals surface area contributed by atoms with E-state index in [9.17, 15) is 0 Å². The number of aromatic nitrogens is 4. The van der Waals surface area contributed by atoms with E-state index in [2.05, 4.69) is 44.2 Å². The molecule has 2 N–H and O–H groups in total. The summed E-state index contributed by atoms with van der Waals surface area (Å²) in [5, 5.41) is 3.48. The van der Waals surface area contributed by atoms with E-state index < -0.39 is 0 Å². The molecule has 0 saturated heterocycles. The molecule has 2 aromatic heterocycles. The number of anilines is 1. The van der Waals surface area contributed by atoms with Gasteiger partial charge in [-0.3, -0.25) is 0 Å². The van der Waals surface area contributed by atoms with E-state index >= 15 is 0 Å². The number of nitrogens with zero attached hydrogens (tertiary/aromatic N) is 4. The van der Waals surface area contributed by atoms with Crippen LogP contribution in [0.1, 0.15) is 12.8 Å². The van der Waals surface area contributed by atoms with E-state index in [1.807, 2.05) is 0 Å². The van der Waals surface area contributed by atoms with Crippen molar-refractivity contribution in [2.45, 2.75) is 12.8 Å². The van der Waals surface area contributed by atoms with Crippen molar-refractivity contribution in [1.82, 2.24) is 24.8 Å². The molecule has 0 spiro atoms. The van der Waals surface area contributed by atoms with Gasteiger partial charge in [0.25, 0.3) is 0 Å². The van der Waals surface area contributed by atoms with Crippen LogP contribution in [0.25, 0.3) is 11.2 Å². The Morgan fingerprint density at radius 2 is 2.17 bits per heavy atom. The number of halogens is 1. The van der Waals surface area contributed by atoms with E-state index in [0.717, 1.165) is 31.4 Å². The summed E-state index contributed by atoms with van der Waals surface area (Å²) in [7, 11) is 4.15. The Morgan fingerprint density at radius 3 is 2.94 bits per heavy atom. The zero-order valence-electron chi connectivity index (χ0n) is 10.6. The van der Waals surface area contributed by atoms with Gasteiger partial charge in [-0.05, 0) is 45.1 Å². The molecule has 98 valence electrons. The maximum Gasteiger partial charge on any atom is 0.226 e. The lowest BCUT2D eigenvalue weighted by atomic mass is 10.3. The number of hydrogen-bond acceptors (Lipinski definition) is 5. The lowest BCUT2D eigenvalue weighted by molar-refractivity contribution is 0.396. The van der Waals surface area contributed by atoms with Gasteiger partial charge in [0.1, 0.15) is 5.52 Å². The minimum Gasteiger partial charge on any atom is -0.368 e. The Labute approximate surface area is 111 Å². The number of rotatable bonds is 6. The maximum atomic E-state index is 5.84. The molecule has 0 aliphatic carbocycles. The summed E-state index contributed by atoms with van der Waals surface area (Å²) >= 11 is 5.84. The molecule has 0 atom stereocenters. The average Bonchev–Trinajstić information content (AvgIpc) is 2.75. The molecule has 0 unspecified atom stereocenters. The predicted octanol–water partition coefficient (Wildman–Crippen LogP) is 1.76. The summed E-state index contributed by atoms with van der Waals surface area (Å²) in [6, 6.07) is 0. The van der Waals surface area contributed by atoms with Gasteiger partial charge in [-0.2, -0.15) is 9.97 Å². The SMILES string of the molecule is CN(C)CCCCNc1nc(Cl)nc2nc[nH]c12. The molecule has 18 heavy (non-hydrogen) atoms. The van der Waals surface area contributed by atoms with Crippen LogP contribution >= 0.6 is 11.6 Å². The molecule has 6 nitrogen and oxygen atoms in total. The van der Waals surface area contributed by atoms with Crippen LogP contribution < -0.4 is 5.32 Å². The third kappa shape index (κ3) is 3.30. The summed E-state index contributed by atoms with van der Waals surface area (Å²) in [6.07, 6.45) is 3.81. The molecule has 0 aromatic carbocycles. The number of imidazole rings is 1. The summed E-state index contributed by atoms with van der Waals surface area (Å²) in [5.74, 6) is 0.715. The van der Waals surface area contributed by atoms with Gasteiger partial charge in [0.05, 0.1) is 6.33 Å². The number of fused-ring (bicyclic) bond motifs is 1. The second kappa shape index (κ2) is 5.97.